The molecular formula is C19H26N4O2S. The fourth-order valence-electron chi connectivity index (χ4n) is 2.94. The lowest BCUT2D eigenvalue weighted by Gasteiger charge is -2.19. The lowest BCUT2D eigenvalue weighted by molar-refractivity contribution is 0.445. The average Bonchev–Trinajstić information content (AvgIpc) is 3.48. The molecule has 1 aliphatic carbocycles. The van der Waals surface area contributed by atoms with Crippen LogP contribution in [0, 0.1) is 0 Å². The van der Waals surface area contributed by atoms with E-state index >= 15 is 0 Å². The van der Waals surface area contributed by atoms with Crippen LogP contribution >= 0.6 is 0 Å². The SMILES string of the molecule is CCN(CC)S(=O)(=O)c1ccc(C(C)Nc2ccnc(C3CC3)n2)cc1. The lowest BCUT2D eigenvalue weighted by atomic mass is 10.1. The van der Waals surface area contributed by atoms with Gasteiger partial charge in [0.1, 0.15) is 11.6 Å². The first-order valence-corrected chi connectivity index (χ1v) is 10.6. The van der Waals surface area contributed by atoms with Gasteiger partial charge in [0.15, 0.2) is 0 Å². The predicted octanol–water partition coefficient (Wildman–Crippen LogP) is 3.56. The van der Waals surface area contributed by atoms with Crippen LogP contribution in [0.4, 0.5) is 5.82 Å². The number of hydrogen-bond acceptors (Lipinski definition) is 5. The summed E-state index contributed by atoms with van der Waals surface area (Å²) in [6.45, 7) is 6.66. The summed E-state index contributed by atoms with van der Waals surface area (Å²) in [5, 5.41) is 3.37. The molecule has 26 heavy (non-hydrogen) atoms. The Morgan fingerprint density at radius 1 is 1.15 bits per heavy atom. The van der Waals surface area contributed by atoms with Gasteiger partial charge < -0.3 is 5.32 Å². The van der Waals surface area contributed by atoms with E-state index in [0.29, 0.717) is 23.9 Å². The van der Waals surface area contributed by atoms with Gasteiger partial charge in [0, 0.05) is 31.2 Å². The van der Waals surface area contributed by atoms with E-state index in [1.807, 2.05) is 39.0 Å². The Morgan fingerprint density at radius 3 is 2.38 bits per heavy atom. The van der Waals surface area contributed by atoms with Gasteiger partial charge in [0.05, 0.1) is 4.90 Å². The van der Waals surface area contributed by atoms with Gasteiger partial charge in [0.2, 0.25) is 10.0 Å². The molecule has 1 unspecified atom stereocenters. The number of rotatable bonds is 8. The Morgan fingerprint density at radius 2 is 1.81 bits per heavy atom. The third-order valence-electron chi connectivity index (χ3n) is 4.70. The molecule has 0 radical (unpaired) electrons. The molecule has 1 aromatic carbocycles. The number of anilines is 1. The van der Waals surface area contributed by atoms with Crippen LogP contribution in [0.1, 0.15) is 57.0 Å². The topological polar surface area (TPSA) is 75.2 Å². The molecule has 1 aromatic heterocycles. The van der Waals surface area contributed by atoms with Crippen LogP contribution in [0.15, 0.2) is 41.4 Å². The minimum Gasteiger partial charge on any atom is -0.363 e. The van der Waals surface area contributed by atoms with Gasteiger partial charge in [-0.15, -0.1) is 0 Å². The summed E-state index contributed by atoms with van der Waals surface area (Å²) in [7, 11) is -3.42. The van der Waals surface area contributed by atoms with E-state index in [1.54, 1.807) is 18.3 Å². The van der Waals surface area contributed by atoms with Crippen molar-refractivity contribution in [3.63, 3.8) is 0 Å². The second kappa shape index (κ2) is 7.72. The molecule has 140 valence electrons. The van der Waals surface area contributed by atoms with Crippen molar-refractivity contribution >= 4 is 15.8 Å². The second-order valence-corrected chi connectivity index (χ2v) is 8.54. The van der Waals surface area contributed by atoms with Crippen LogP contribution in [0.25, 0.3) is 0 Å². The lowest BCUT2D eigenvalue weighted by Crippen LogP contribution is -2.30. The van der Waals surface area contributed by atoms with Crippen molar-refractivity contribution < 1.29 is 8.42 Å². The van der Waals surface area contributed by atoms with Gasteiger partial charge in [-0.3, -0.25) is 0 Å². The van der Waals surface area contributed by atoms with Crippen LogP contribution < -0.4 is 5.32 Å². The fraction of sp³-hybridized carbons (Fsp3) is 0.474. The molecule has 1 N–H and O–H groups in total. The smallest absolute Gasteiger partial charge is 0.243 e. The molecule has 0 aliphatic heterocycles. The van der Waals surface area contributed by atoms with Gasteiger partial charge in [0.25, 0.3) is 0 Å². The number of hydrogen-bond donors (Lipinski definition) is 1. The highest BCUT2D eigenvalue weighted by Crippen LogP contribution is 2.38. The summed E-state index contributed by atoms with van der Waals surface area (Å²) in [6, 6.07) is 8.95. The van der Waals surface area contributed by atoms with E-state index < -0.39 is 10.0 Å². The van der Waals surface area contributed by atoms with Crippen molar-refractivity contribution in [1.82, 2.24) is 14.3 Å². The minimum atomic E-state index is -3.42. The Bertz CT molecular complexity index is 844. The fourth-order valence-corrected chi connectivity index (χ4v) is 4.40. The summed E-state index contributed by atoms with van der Waals surface area (Å²) >= 11 is 0. The first-order valence-electron chi connectivity index (χ1n) is 9.15. The van der Waals surface area contributed by atoms with Crippen LogP contribution in [0.3, 0.4) is 0 Å². The molecular weight excluding hydrogens is 348 g/mol. The predicted molar refractivity (Wildman–Crippen MR) is 103 cm³/mol. The quantitative estimate of drug-likeness (QED) is 0.765. The first kappa shape index (κ1) is 18.8. The van der Waals surface area contributed by atoms with Gasteiger partial charge in [-0.2, -0.15) is 4.31 Å². The van der Waals surface area contributed by atoms with Crippen LogP contribution in [0.5, 0.6) is 0 Å². The largest absolute Gasteiger partial charge is 0.363 e. The molecule has 1 saturated carbocycles. The number of nitrogens with one attached hydrogen (secondary N) is 1. The van der Waals surface area contributed by atoms with E-state index in [2.05, 4.69) is 15.3 Å². The van der Waals surface area contributed by atoms with E-state index in [-0.39, 0.29) is 6.04 Å². The van der Waals surface area contributed by atoms with Crippen molar-refractivity contribution in [2.24, 2.45) is 0 Å². The molecule has 7 heteroatoms. The zero-order chi connectivity index (χ0) is 18.7. The van der Waals surface area contributed by atoms with Gasteiger partial charge in [-0.05, 0) is 43.5 Å². The maximum Gasteiger partial charge on any atom is 0.243 e. The molecule has 2 aromatic rings. The summed E-state index contributed by atoms with van der Waals surface area (Å²) in [4.78, 5) is 9.24. The normalized spacial score (nSPS) is 15.8. The highest BCUT2D eigenvalue weighted by Gasteiger charge is 2.26. The van der Waals surface area contributed by atoms with Crippen molar-refractivity contribution in [1.29, 1.82) is 0 Å². The summed E-state index contributed by atoms with van der Waals surface area (Å²) in [5.74, 6) is 2.22. The third kappa shape index (κ3) is 4.04. The molecule has 3 rings (SSSR count). The Labute approximate surface area is 155 Å². The summed E-state index contributed by atoms with van der Waals surface area (Å²) in [6.07, 6.45) is 4.12. The Hall–Kier alpha value is -1.99. The van der Waals surface area contributed by atoms with Crippen molar-refractivity contribution in [2.45, 2.75) is 50.5 Å². The van der Waals surface area contributed by atoms with Crippen molar-refractivity contribution in [3.8, 4) is 0 Å². The van der Waals surface area contributed by atoms with Gasteiger partial charge in [-0.1, -0.05) is 26.0 Å². The highest BCUT2D eigenvalue weighted by atomic mass is 32.2. The average molecular weight is 375 g/mol. The van der Waals surface area contributed by atoms with Crippen molar-refractivity contribution in [3.05, 3.63) is 47.9 Å². The standard InChI is InChI=1S/C19H26N4O2S/c1-4-23(5-2)26(24,25)17-10-8-15(9-11-17)14(3)21-18-12-13-20-19(22-18)16-6-7-16/h8-14,16H,4-7H2,1-3H3,(H,20,21,22). The summed E-state index contributed by atoms with van der Waals surface area (Å²) in [5.41, 5.74) is 1.01. The van der Waals surface area contributed by atoms with Gasteiger partial charge >= 0.3 is 0 Å². The zero-order valence-corrected chi connectivity index (χ0v) is 16.3. The first-order chi connectivity index (χ1) is 12.5. The molecule has 0 amide bonds. The molecule has 0 bridgehead atoms. The zero-order valence-electron chi connectivity index (χ0n) is 15.5. The summed E-state index contributed by atoms with van der Waals surface area (Å²) < 4.78 is 26.6. The molecule has 1 heterocycles. The Kier molecular flexibility index (Phi) is 5.58. The molecule has 0 saturated heterocycles. The molecule has 1 fully saturated rings. The van der Waals surface area contributed by atoms with Crippen LogP contribution in [-0.2, 0) is 10.0 Å². The number of nitrogens with zero attached hydrogens (tertiary/aromatic N) is 3. The highest BCUT2D eigenvalue weighted by molar-refractivity contribution is 7.89. The van der Waals surface area contributed by atoms with Crippen LogP contribution in [0.2, 0.25) is 0 Å². The monoisotopic (exact) mass is 374 g/mol. The Balaban J connectivity index is 1.72. The second-order valence-electron chi connectivity index (χ2n) is 6.60. The maximum absolute atomic E-state index is 12.6. The number of benzene rings is 1. The number of aromatic nitrogens is 2. The van der Waals surface area contributed by atoms with E-state index in [1.165, 1.54) is 17.1 Å². The van der Waals surface area contributed by atoms with E-state index in [9.17, 15) is 8.42 Å². The maximum atomic E-state index is 12.6. The minimum absolute atomic E-state index is 0.0159. The third-order valence-corrected chi connectivity index (χ3v) is 6.77. The van der Waals surface area contributed by atoms with Crippen molar-refractivity contribution in [2.75, 3.05) is 18.4 Å². The van der Waals surface area contributed by atoms with Crippen LogP contribution in [-0.4, -0.2) is 35.8 Å². The molecule has 1 atom stereocenters. The number of sulfonamides is 1. The van der Waals surface area contributed by atoms with E-state index in [4.69, 9.17) is 0 Å². The van der Waals surface area contributed by atoms with Gasteiger partial charge in [-0.25, -0.2) is 18.4 Å². The molecule has 6 nitrogen and oxygen atoms in total. The van der Waals surface area contributed by atoms with E-state index in [0.717, 1.165) is 17.2 Å². The molecule has 0 spiro atoms. The molecule has 1 aliphatic rings.